The Morgan fingerprint density at radius 3 is 2.61 bits per heavy atom. The smallest absolute Gasteiger partial charge is 0.387 e. The van der Waals surface area contributed by atoms with Gasteiger partial charge in [0.25, 0.3) is 0 Å². The number of carbonyl (C=O) groups is 1. The van der Waals surface area contributed by atoms with Crippen molar-refractivity contribution >= 4 is 11.6 Å². The molecule has 0 unspecified atom stereocenters. The Kier molecular flexibility index (Phi) is 8.13. The minimum Gasteiger partial charge on any atom is -0.490 e. The average Bonchev–Trinajstić information content (AvgIpc) is 2.64. The number of rotatable bonds is 10. The molecule has 1 amide bonds. The van der Waals surface area contributed by atoms with Crippen LogP contribution in [-0.4, -0.2) is 37.6 Å². The van der Waals surface area contributed by atoms with E-state index in [1.54, 1.807) is 31.2 Å². The van der Waals surface area contributed by atoms with E-state index in [4.69, 9.17) is 4.74 Å². The van der Waals surface area contributed by atoms with E-state index < -0.39 is 12.4 Å². The molecule has 152 valence electrons. The number of amides is 1. The summed E-state index contributed by atoms with van der Waals surface area (Å²) in [6.45, 7) is 0.0381. The van der Waals surface area contributed by atoms with Gasteiger partial charge in [-0.2, -0.15) is 8.78 Å². The van der Waals surface area contributed by atoms with Crippen molar-refractivity contribution in [2.75, 3.05) is 25.5 Å². The summed E-state index contributed by atoms with van der Waals surface area (Å²) in [5.41, 5.74) is 0.966. The van der Waals surface area contributed by atoms with Gasteiger partial charge in [0.2, 0.25) is 5.91 Å². The Morgan fingerprint density at radius 2 is 1.93 bits per heavy atom. The Bertz CT molecular complexity index is 787. The molecule has 0 aliphatic carbocycles. The minimum absolute atomic E-state index is 0.0208. The monoisotopic (exact) mass is 396 g/mol. The lowest BCUT2D eigenvalue weighted by Crippen LogP contribution is -2.24. The summed E-state index contributed by atoms with van der Waals surface area (Å²) in [5.74, 6) is -0.565. The molecule has 2 aromatic rings. The maximum Gasteiger partial charge on any atom is 0.387 e. The molecule has 8 heteroatoms. The van der Waals surface area contributed by atoms with E-state index in [9.17, 15) is 18.0 Å². The minimum atomic E-state index is -2.93. The van der Waals surface area contributed by atoms with Gasteiger partial charge < -0.3 is 19.7 Å². The highest BCUT2D eigenvalue weighted by molar-refractivity contribution is 5.90. The lowest BCUT2D eigenvalue weighted by atomic mass is 10.2. The number of benzene rings is 2. The fourth-order valence-electron chi connectivity index (χ4n) is 2.57. The van der Waals surface area contributed by atoms with Crippen molar-refractivity contribution in [1.29, 1.82) is 0 Å². The van der Waals surface area contributed by atoms with Gasteiger partial charge in [0.1, 0.15) is 5.82 Å². The molecule has 0 bridgehead atoms. The largest absolute Gasteiger partial charge is 0.490 e. The molecule has 0 aromatic heterocycles. The highest BCUT2D eigenvalue weighted by Gasteiger charge is 2.13. The first-order valence-electron chi connectivity index (χ1n) is 8.82. The van der Waals surface area contributed by atoms with Crippen LogP contribution in [0.5, 0.6) is 11.5 Å². The lowest BCUT2D eigenvalue weighted by molar-refractivity contribution is -0.116. The van der Waals surface area contributed by atoms with Crippen molar-refractivity contribution in [2.45, 2.75) is 26.5 Å². The SMILES string of the molecule is CCOc1cc(CN(C)CCC(=O)Nc2ccccc2F)ccc1OC(F)F. The second-order valence-corrected chi connectivity index (χ2v) is 6.11. The van der Waals surface area contributed by atoms with Crippen LogP contribution < -0.4 is 14.8 Å². The third-order valence-electron chi connectivity index (χ3n) is 3.85. The highest BCUT2D eigenvalue weighted by atomic mass is 19.3. The highest BCUT2D eigenvalue weighted by Crippen LogP contribution is 2.30. The van der Waals surface area contributed by atoms with Crippen LogP contribution in [0.2, 0.25) is 0 Å². The third kappa shape index (κ3) is 6.77. The van der Waals surface area contributed by atoms with E-state index in [2.05, 4.69) is 10.1 Å². The average molecular weight is 396 g/mol. The molecule has 0 spiro atoms. The number of carbonyl (C=O) groups excluding carboxylic acids is 1. The van der Waals surface area contributed by atoms with Gasteiger partial charge in [-0.1, -0.05) is 18.2 Å². The molecule has 0 atom stereocenters. The number of alkyl halides is 2. The molecule has 5 nitrogen and oxygen atoms in total. The van der Waals surface area contributed by atoms with E-state index in [1.807, 2.05) is 11.9 Å². The normalized spacial score (nSPS) is 11.0. The van der Waals surface area contributed by atoms with Gasteiger partial charge in [0, 0.05) is 19.5 Å². The van der Waals surface area contributed by atoms with E-state index in [0.29, 0.717) is 19.7 Å². The van der Waals surface area contributed by atoms with Gasteiger partial charge in [-0.3, -0.25) is 4.79 Å². The molecule has 0 aliphatic rings. The maximum absolute atomic E-state index is 13.6. The van der Waals surface area contributed by atoms with Gasteiger partial charge in [-0.15, -0.1) is 0 Å². The molecule has 1 N–H and O–H groups in total. The molecule has 28 heavy (non-hydrogen) atoms. The summed E-state index contributed by atoms with van der Waals surface area (Å²) in [7, 11) is 1.82. The predicted octanol–water partition coefficient (Wildman–Crippen LogP) is 4.29. The molecule has 0 fully saturated rings. The topological polar surface area (TPSA) is 50.8 Å². The van der Waals surface area contributed by atoms with E-state index in [-0.39, 0.29) is 29.5 Å². The quantitative estimate of drug-likeness (QED) is 0.651. The van der Waals surface area contributed by atoms with Crippen molar-refractivity contribution in [3.05, 3.63) is 53.8 Å². The van der Waals surface area contributed by atoms with Gasteiger partial charge in [0.05, 0.1) is 12.3 Å². The van der Waals surface area contributed by atoms with Crippen LogP contribution in [0.4, 0.5) is 18.9 Å². The van der Waals surface area contributed by atoms with Crippen molar-refractivity contribution in [2.24, 2.45) is 0 Å². The second-order valence-electron chi connectivity index (χ2n) is 6.11. The van der Waals surface area contributed by atoms with Gasteiger partial charge in [-0.05, 0) is 43.8 Å². The zero-order chi connectivity index (χ0) is 20.5. The molecule has 0 saturated carbocycles. The predicted molar refractivity (Wildman–Crippen MR) is 100 cm³/mol. The van der Waals surface area contributed by atoms with E-state index in [1.165, 1.54) is 18.2 Å². The second kappa shape index (κ2) is 10.6. The van der Waals surface area contributed by atoms with Crippen LogP contribution in [0.3, 0.4) is 0 Å². The zero-order valence-electron chi connectivity index (χ0n) is 15.8. The summed E-state index contributed by atoms with van der Waals surface area (Å²) >= 11 is 0. The van der Waals surface area contributed by atoms with Crippen LogP contribution in [0.1, 0.15) is 18.9 Å². The van der Waals surface area contributed by atoms with Crippen molar-refractivity contribution in [3.63, 3.8) is 0 Å². The summed E-state index contributed by atoms with van der Waals surface area (Å²) in [4.78, 5) is 13.9. The molecular weight excluding hydrogens is 373 g/mol. The first-order valence-corrected chi connectivity index (χ1v) is 8.82. The number of hydrogen-bond acceptors (Lipinski definition) is 4. The molecule has 0 saturated heterocycles. The van der Waals surface area contributed by atoms with Crippen molar-refractivity contribution in [3.8, 4) is 11.5 Å². The van der Waals surface area contributed by atoms with Crippen molar-refractivity contribution < 1.29 is 27.4 Å². The fraction of sp³-hybridized carbons (Fsp3) is 0.350. The number of para-hydroxylation sites is 1. The van der Waals surface area contributed by atoms with Gasteiger partial charge in [-0.25, -0.2) is 4.39 Å². The number of nitrogens with one attached hydrogen (secondary N) is 1. The number of nitrogens with zero attached hydrogens (tertiary/aromatic N) is 1. The molecule has 2 aromatic carbocycles. The first kappa shape index (κ1) is 21.6. The van der Waals surface area contributed by atoms with Crippen molar-refractivity contribution in [1.82, 2.24) is 4.90 Å². The Balaban J connectivity index is 1.89. The zero-order valence-corrected chi connectivity index (χ0v) is 15.8. The Hall–Kier alpha value is -2.74. The van der Waals surface area contributed by atoms with Gasteiger partial charge in [0.15, 0.2) is 11.5 Å². The van der Waals surface area contributed by atoms with Crippen LogP contribution in [0, 0.1) is 5.82 Å². The lowest BCUT2D eigenvalue weighted by Gasteiger charge is -2.18. The molecular formula is C20H23F3N2O3. The molecule has 0 aliphatic heterocycles. The van der Waals surface area contributed by atoms with Gasteiger partial charge >= 0.3 is 6.61 Å². The summed E-state index contributed by atoms with van der Waals surface area (Å²) < 4.78 is 48.3. The summed E-state index contributed by atoms with van der Waals surface area (Å²) in [6.07, 6.45) is 0.176. The molecule has 2 rings (SSSR count). The van der Waals surface area contributed by atoms with E-state index in [0.717, 1.165) is 5.56 Å². The molecule has 0 heterocycles. The van der Waals surface area contributed by atoms with Crippen LogP contribution in [-0.2, 0) is 11.3 Å². The maximum atomic E-state index is 13.6. The van der Waals surface area contributed by atoms with Crippen LogP contribution >= 0.6 is 0 Å². The number of anilines is 1. The standard InChI is InChI=1S/C20H23F3N2O3/c1-3-27-18-12-14(8-9-17(18)28-20(22)23)13-25(2)11-10-19(26)24-16-7-5-4-6-15(16)21/h4-9,12,20H,3,10-11,13H2,1-2H3,(H,24,26). The van der Waals surface area contributed by atoms with Crippen LogP contribution in [0.15, 0.2) is 42.5 Å². The summed E-state index contributed by atoms with van der Waals surface area (Å²) in [6, 6.07) is 10.7. The molecule has 0 radical (unpaired) electrons. The Labute approximate surface area is 162 Å². The Morgan fingerprint density at radius 1 is 1.18 bits per heavy atom. The fourth-order valence-corrected chi connectivity index (χ4v) is 2.57. The number of hydrogen-bond donors (Lipinski definition) is 1. The number of ether oxygens (including phenoxy) is 2. The third-order valence-corrected chi connectivity index (χ3v) is 3.85. The number of halogens is 3. The van der Waals surface area contributed by atoms with E-state index >= 15 is 0 Å². The summed E-state index contributed by atoms with van der Waals surface area (Å²) in [5, 5.41) is 2.53. The first-order chi connectivity index (χ1) is 13.4. The van der Waals surface area contributed by atoms with Crippen LogP contribution in [0.25, 0.3) is 0 Å².